The van der Waals surface area contributed by atoms with Gasteiger partial charge in [-0.3, -0.25) is 0 Å². The van der Waals surface area contributed by atoms with Crippen molar-refractivity contribution in [3.05, 3.63) is 0 Å². The van der Waals surface area contributed by atoms with Crippen LogP contribution in [0.15, 0.2) is 0 Å². The van der Waals surface area contributed by atoms with E-state index in [0.717, 1.165) is 0 Å². The molecule has 80 valence electrons. The van der Waals surface area contributed by atoms with Gasteiger partial charge in [0.15, 0.2) is 0 Å². The molecule has 0 saturated carbocycles. The van der Waals surface area contributed by atoms with E-state index in [0.29, 0.717) is 0 Å². The van der Waals surface area contributed by atoms with Gasteiger partial charge in [-0.05, 0) is 0 Å². The summed E-state index contributed by atoms with van der Waals surface area (Å²) in [6.45, 7) is 0. The maximum absolute atomic E-state index is 9.34. The standard InChI is InChI=1S/2CH4ClO3P.Pb/c2*2-1-6(3,4)5;/h2*1H2,(H2,3,4,5);/p-4. The van der Waals surface area contributed by atoms with E-state index in [2.05, 4.69) is 23.2 Å². The molecule has 6 nitrogen and oxygen atoms in total. The van der Waals surface area contributed by atoms with Gasteiger partial charge < -0.3 is 28.7 Å². The Kier molecular flexibility index (Phi) is 14.1. The SMILES string of the molecule is O=P([O-])([O-])CCl.O=P([O-])([O-])CCl.[Pb]. The average molecular weight is 464 g/mol. The molecule has 0 aromatic heterocycles. The molecule has 0 aliphatic rings. The zero-order chi connectivity index (χ0) is 10.4. The van der Waals surface area contributed by atoms with Crippen molar-refractivity contribution < 1.29 is 28.7 Å². The summed E-state index contributed by atoms with van der Waals surface area (Å²) in [6.07, 6.45) is 0. The van der Waals surface area contributed by atoms with Crippen molar-refractivity contribution in [2.75, 3.05) is 11.2 Å². The van der Waals surface area contributed by atoms with E-state index < -0.39 is 26.4 Å². The molecule has 0 atom stereocenters. The maximum Gasteiger partial charge on any atom is 0.0500 e. The van der Waals surface area contributed by atoms with Crippen LogP contribution in [0.3, 0.4) is 0 Å². The van der Waals surface area contributed by atoms with E-state index in [1.165, 1.54) is 0 Å². The minimum atomic E-state index is -4.38. The van der Waals surface area contributed by atoms with Gasteiger partial charge in [0.1, 0.15) is 0 Å². The first-order valence-corrected chi connectivity index (χ1v) is 6.79. The Morgan fingerprint density at radius 3 is 0.923 bits per heavy atom. The Labute approximate surface area is 105 Å². The van der Waals surface area contributed by atoms with Gasteiger partial charge in [-0.2, -0.15) is 0 Å². The zero-order valence-corrected chi connectivity index (χ0v) is 13.2. The first-order valence-electron chi connectivity index (χ1n) is 2.26. The fraction of sp³-hybridized carbons (Fsp3) is 1.00. The molecule has 13 heavy (non-hydrogen) atoms. The summed E-state index contributed by atoms with van der Waals surface area (Å²) in [7, 11) is -8.76. The monoisotopic (exact) mass is 464 g/mol. The Morgan fingerprint density at radius 2 is 0.923 bits per heavy atom. The molecule has 0 heterocycles. The molecule has 0 spiro atoms. The van der Waals surface area contributed by atoms with Crippen molar-refractivity contribution in [2.45, 2.75) is 0 Å². The third-order valence-corrected chi connectivity index (χ3v) is 2.63. The molecule has 11 heteroatoms. The summed E-state index contributed by atoms with van der Waals surface area (Å²) in [5.41, 5.74) is -1.62. The van der Waals surface area contributed by atoms with Gasteiger partial charge >= 0.3 is 0 Å². The van der Waals surface area contributed by atoms with Crippen LogP contribution in [-0.2, 0) is 9.13 Å². The second-order valence-electron chi connectivity index (χ2n) is 1.46. The van der Waals surface area contributed by atoms with Crippen LogP contribution in [0.2, 0.25) is 0 Å². The number of hydrogen-bond acceptors (Lipinski definition) is 6. The first kappa shape index (κ1) is 20.2. The van der Waals surface area contributed by atoms with Crippen LogP contribution >= 0.6 is 38.4 Å². The molecule has 0 rings (SSSR count). The molecule has 0 aliphatic carbocycles. The van der Waals surface area contributed by atoms with Gasteiger partial charge in [0, 0.05) is 27.3 Å². The Bertz CT molecular complexity index is 177. The Hall–Kier alpha value is 1.80. The molecule has 0 aromatic carbocycles. The second kappa shape index (κ2) is 9.06. The molecule has 0 bridgehead atoms. The summed E-state index contributed by atoms with van der Waals surface area (Å²) in [5, 5.41) is 0. The van der Waals surface area contributed by atoms with Crippen LogP contribution in [0.1, 0.15) is 0 Å². The molecule has 0 N–H and O–H groups in total. The molecule has 0 fully saturated rings. The summed E-state index contributed by atoms with van der Waals surface area (Å²) in [4.78, 5) is 37.4. The van der Waals surface area contributed by atoms with Gasteiger partial charge in [-0.15, -0.1) is 23.2 Å². The third kappa shape index (κ3) is 31.6. The van der Waals surface area contributed by atoms with E-state index in [-0.39, 0.29) is 27.3 Å². The van der Waals surface area contributed by atoms with Crippen molar-refractivity contribution in [1.29, 1.82) is 0 Å². The van der Waals surface area contributed by atoms with Crippen molar-refractivity contribution in [2.24, 2.45) is 0 Å². The average Bonchev–Trinajstić information content (AvgIpc) is 1.86. The van der Waals surface area contributed by atoms with E-state index in [1.807, 2.05) is 0 Å². The molecule has 4 radical (unpaired) electrons. The second-order valence-corrected chi connectivity index (χ2v) is 5.82. The van der Waals surface area contributed by atoms with E-state index >= 15 is 0 Å². The van der Waals surface area contributed by atoms with Crippen molar-refractivity contribution in [3.63, 3.8) is 0 Å². The van der Waals surface area contributed by atoms with Gasteiger partial charge in [0.05, 0.1) is 11.2 Å². The normalized spacial score (nSPS) is 10.9. The van der Waals surface area contributed by atoms with Crippen molar-refractivity contribution in [1.82, 2.24) is 0 Å². The summed E-state index contributed by atoms with van der Waals surface area (Å²) < 4.78 is 18.7. The van der Waals surface area contributed by atoms with Crippen molar-refractivity contribution in [3.8, 4) is 0 Å². The fourth-order valence-corrected chi connectivity index (χ4v) is 0. The minimum Gasteiger partial charge on any atom is -0.810 e. The quantitative estimate of drug-likeness (QED) is 0.260. The van der Waals surface area contributed by atoms with E-state index in [1.54, 1.807) is 0 Å². The van der Waals surface area contributed by atoms with Gasteiger partial charge in [-0.1, -0.05) is 15.2 Å². The van der Waals surface area contributed by atoms with E-state index in [9.17, 15) is 28.7 Å². The molecule has 0 unspecified atom stereocenters. The molecular formula is C2H4Cl2O6P2Pb-4. The van der Waals surface area contributed by atoms with Crippen LogP contribution in [0.5, 0.6) is 0 Å². The maximum atomic E-state index is 9.34. The topological polar surface area (TPSA) is 126 Å². The van der Waals surface area contributed by atoms with Crippen molar-refractivity contribution >= 4 is 65.7 Å². The molecular weight excluding hydrogens is 460 g/mol. The van der Waals surface area contributed by atoms with Crippen LogP contribution in [0.25, 0.3) is 0 Å². The number of halogens is 2. The minimum absolute atomic E-state index is 0. The largest absolute Gasteiger partial charge is 0.810 e. The number of alkyl halides is 2. The predicted molar refractivity (Wildman–Crippen MR) is 42.4 cm³/mol. The Morgan fingerprint density at radius 1 is 0.846 bits per heavy atom. The third-order valence-electron chi connectivity index (χ3n) is 0.293. The molecule has 0 amide bonds. The van der Waals surface area contributed by atoms with E-state index in [4.69, 9.17) is 0 Å². The predicted octanol–water partition coefficient (Wildman–Crippen LogP) is -2.19. The van der Waals surface area contributed by atoms with Gasteiger partial charge in [-0.25, -0.2) is 0 Å². The first-order chi connectivity index (χ1) is 5.12. The van der Waals surface area contributed by atoms with Crippen LogP contribution in [-0.4, -0.2) is 38.5 Å². The molecule has 0 saturated heterocycles. The number of hydrogen-bond donors (Lipinski definition) is 0. The van der Waals surface area contributed by atoms with Gasteiger partial charge in [0.2, 0.25) is 0 Å². The molecule has 0 aromatic rings. The zero-order valence-electron chi connectivity index (χ0n) is 6.01. The summed E-state index contributed by atoms with van der Waals surface area (Å²) >= 11 is 9.18. The fourth-order valence-electron chi connectivity index (χ4n) is 0. The summed E-state index contributed by atoms with van der Waals surface area (Å²) in [5.74, 6) is 0. The number of rotatable bonds is 2. The van der Waals surface area contributed by atoms with Crippen LogP contribution < -0.4 is 19.6 Å². The van der Waals surface area contributed by atoms with Gasteiger partial charge in [0.25, 0.3) is 0 Å². The van der Waals surface area contributed by atoms with Crippen LogP contribution in [0.4, 0.5) is 0 Å². The molecule has 0 aliphatic heterocycles. The Balaban J connectivity index is -0.000000143. The smallest absolute Gasteiger partial charge is 0.0500 e. The summed E-state index contributed by atoms with van der Waals surface area (Å²) in [6, 6.07) is 0. The van der Waals surface area contributed by atoms with Crippen LogP contribution in [0, 0.1) is 0 Å².